The van der Waals surface area contributed by atoms with Gasteiger partial charge in [0.15, 0.2) is 0 Å². The van der Waals surface area contributed by atoms with Gasteiger partial charge in [-0.3, -0.25) is 0 Å². The Kier molecular flexibility index (Phi) is 3.22. The first-order valence-corrected chi connectivity index (χ1v) is 5.51. The summed E-state index contributed by atoms with van der Waals surface area (Å²) in [7, 11) is 1.62. The van der Waals surface area contributed by atoms with Crippen molar-refractivity contribution in [3.8, 4) is 5.13 Å². The highest BCUT2D eigenvalue weighted by Gasteiger charge is 2.12. The third kappa shape index (κ3) is 1.94. The Morgan fingerprint density at radius 2 is 2.19 bits per heavy atom. The molecule has 0 aliphatic carbocycles. The molecule has 2 aromatic rings. The highest BCUT2D eigenvalue weighted by atomic mass is 32.1. The smallest absolute Gasteiger partial charge is 0.234 e. The van der Waals surface area contributed by atoms with Crippen LogP contribution in [0.4, 0.5) is 0 Å². The Morgan fingerprint density at radius 1 is 1.38 bits per heavy atom. The van der Waals surface area contributed by atoms with Gasteiger partial charge in [-0.25, -0.2) is 0 Å². The molecule has 0 bridgehead atoms. The van der Waals surface area contributed by atoms with Gasteiger partial charge in [0.2, 0.25) is 5.13 Å². The molecule has 8 heteroatoms. The number of hydrogen-bond acceptors (Lipinski definition) is 7. The molecule has 0 spiro atoms. The Morgan fingerprint density at radius 3 is 2.81 bits per heavy atom. The topological polar surface area (TPSA) is 91.7 Å². The van der Waals surface area contributed by atoms with Crippen LogP contribution in [0, 0.1) is 6.92 Å². The van der Waals surface area contributed by atoms with Crippen molar-refractivity contribution in [3.05, 3.63) is 16.4 Å². The molecule has 2 heterocycles. The number of nitrogens with zero attached hydrogens (tertiary/aromatic N) is 5. The molecule has 0 radical (unpaired) electrons. The minimum atomic E-state index is 0.371. The van der Waals surface area contributed by atoms with Crippen molar-refractivity contribution >= 4 is 11.3 Å². The predicted molar refractivity (Wildman–Crippen MR) is 58.2 cm³/mol. The first kappa shape index (κ1) is 11.1. The average molecular weight is 240 g/mol. The number of rotatable bonds is 4. The zero-order valence-electron chi connectivity index (χ0n) is 9.04. The zero-order valence-corrected chi connectivity index (χ0v) is 9.86. The summed E-state index contributed by atoms with van der Waals surface area (Å²) < 4.78 is 6.61. The van der Waals surface area contributed by atoms with E-state index in [1.807, 2.05) is 6.92 Å². The molecule has 0 aliphatic heterocycles. The van der Waals surface area contributed by atoms with E-state index in [1.165, 1.54) is 11.3 Å². The van der Waals surface area contributed by atoms with E-state index in [2.05, 4.69) is 20.5 Å². The molecule has 0 aliphatic rings. The molecule has 86 valence electrons. The van der Waals surface area contributed by atoms with Crippen LogP contribution in [0.5, 0.6) is 0 Å². The van der Waals surface area contributed by atoms with Crippen LogP contribution >= 0.6 is 11.3 Å². The Balaban J connectivity index is 2.31. The summed E-state index contributed by atoms with van der Waals surface area (Å²) in [5.74, 6) is 0. The average Bonchev–Trinajstić information content (AvgIpc) is 2.85. The third-order valence-corrected chi connectivity index (χ3v) is 2.96. The molecule has 7 nitrogen and oxygen atoms in total. The van der Waals surface area contributed by atoms with Gasteiger partial charge in [-0.2, -0.15) is 4.68 Å². The van der Waals surface area contributed by atoms with Crippen LogP contribution in [0.25, 0.3) is 5.13 Å². The lowest BCUT2D eigenvalue weighted by atomic mass is 10.3. The van der Waals surface area contributed by atoms with Crippen molar-refractivity contribution in [1.82, 2.24) is 25.2 Å². The maximum absolute atomic E-state index is 5.53. The first-order valence-electron chi connectivity index (χ1n) is 4.69. The van der Waals surface area contributed by atoms with Gasteiger partial charge in [0.1, 0.15) is 11.6 Å². The lowest BCUT2D eigenvalue weighted by Gasteiger charge is -1.96. The second-order valence-electron chi connectivity index (χ2n) is 3.15. The number of ether oxygens (including phenoxy) is 1. The van der Waals surface area contributed by atoms with Crippen molar-refractivity contribution in [3.63, 3.8) is 0 Å². The molecular weight excluding hydrogens is 228 g/mol. The van der Waals surface area contributed by atoms with Crippen LogP contribution in [0.1, 0.15) is 16.4 Å². The van der Waals surface area contributed by atoms with Crippen molar-refractivity contribution in [2.75, 3.05) is 7.11 Å². The van der Waals surface area contributed by atoms with E-state index >= 15 is 0 Å². The monoisotopic (exact) mass is 240 g/mol. The van der Waals surface area contributed by atoms with Gasteiger partial charge in [-0.15, -0.1) is 15.3 Å². The van der Waals surface area contributed by atoms with E-state index < -0.39 is 0 Å². The van der Waals surface area contributed by atoms with E-state index in [1.54, 1.807) is 11.8 Å². The molecule has 0 unspecified atom stereocenters. The molecule has 0 atom stereocenters. The minimum absolute atomic E-state index is 0.371. The van der Waals surface area contributed by atoms with Gasteiger partial charge in [-0.1, -0.05) is 16.6 Å². The maximum Gasteiger partial charge on any atom is 0.234 e. The molecule has 0 saturated heterocycles. The molecule has 0 aromatic carbocycles. The third-order valence-electron chi connectivity index (χ3n) is 2.09. The van der Waals surface area contributed by atoms with Crippen LogP contribution in [0.2, 0.25) is 0 Å². The molecule has 0 fully saturated rings. The maximum atomic E-state index is 5.53. The van der Waals surface area contributed by atoms with E-state index in [9.17, 15) is 0 Å². The van der Waals surface area contributed by atoms with E-state index in [-0.39, 0.29) is 0 Å². The second-order valence-corrected chi connectivity index (χ2v) is 4.19. The SMILES string of the molecule is COCc1nnc(-n2nnc(CN)c2C)s1. The fraction of sp³-hybridized carbons (Fsp3) is 0.500. The molecule has 16 heavy (non-hydrogen) atoms. The van der Waals surface area contributed by atoms with Gasteiger partial charge >= 0.3 is 0 Å². The summed E-state index contributed by atoms with van der Waals surface area (Å²) >= 11 is 1.42. The van der Waals surface area contributed by atoms with E-state index in [0.29, 0.717) is 18.3 Å². The quantitative estimate of drug-likeness (QED) is 0.810. The van der Waals surface area contributed by atoms with Crippen LogP contribution in [-0.4, -0.2) is 32.3 Å². The summed E-state index contributed by atoms with van der Waals surface area (Å²) in [4.78, 5) is 0. The summed E-state index contributed by atoms with van der Waals surface area (Å²) in [6, 6.07) is 0. The second kappa shape index (κ2) is 4.64. The summed E-state index contributed by atoms with van der Waals surface area (Å²) in [5, 5.41) is 17.4. The Hall–Kier alpha value is -1.38. The first-order chi connectivity index (χ1) is 7.76. The Bertz CT molecular complexity index is 479. The summed E-state index contributed by atoms with van der Waals surface area (Å²) in [6.07, 6.45) is 0. The summed E-state index contributed by atoms with van der Waals surface area (Å²) in [6.45, 7) is 2.73. The van der Waals surface area contributed by atoms with Gasteiger partial charge in [0.05, 0.1) is 11.4 Å². The van der Waals surface area contributed by atoms with E-state index in [4.69, 9.17) is 10.5 Å². The number of methoxy groups -OCH3 is 1. The highest BCUT2D eigenvalue weighted by Crippen LogP contribution is 2.17. The minimum Gasteiger partial charge on any atom is -0.377 e. The van der Waals surface area contributed by atoms with Gasteiger partial charge in [0, 0.05) is 13.7 Å². The van der Waals surface area contributed by atoms with Crippen molar-refractivity contribution in [2.45, 2.75) is 20.1 Å². The normalized spacial score (nSPS) is 10.9. The van der Waals surface area contributed by atoms with Crippen molar-refractivity contribution in [2.24, 2.45) is 5.73 Å². The van der Waals surface area contributed by atoms with Crippen LogP contribution in [0.3, 0.4) is 0 Å². The summed E-state index contributed by atoms with van der Waals surface area (Å²) in [5.41, 5.74) is 7.18. The molecule has 0 amide bonds. The van der Waals surface area contributed by atoms with Gasteiger partial charge in [0.25, 0.3) is 0 Å². The van der Waals surface area contributed by atoms with Crippen molar-refractivity contribution in [1.29, 1.82) is 0 Å². The lowest BCUT2D eigenvalue weighted by Crippen LogP contribution is -2.01. The fourth-order valence-electron chi connectivity index (χ4n) is 1.24. The van der Waals surface area contributed by atoms with E-state index in [0.717, 1.165) is 16.4 Å². The molecule has 2 aromatic heterocycles. The zero-order chi connectivity index (χ0) is 11.5. The highest BCUT2D eigenvalue weighted by molar-refractivity contribution is 7.13. The van der Waals surface area contributed by atoms with Crippen LogP contribution in [-0.2, 0) is 17.9 Å². The van der Waals surface area contributed by atoms with Crippen LogP contribution in [0.15, 0.2) is 0 Å². The number of hydrogen-bond donors (Lipinski definition) is 1. The molecular formula is C8H12N6OS. The van der Waals surface area contributed by atoms with Gasteiger partial charge in [-0.05, 0) is 6.92 Å². The lowest BCUT2D eigenvalue weighted by molar-refractivity contribution is 0.184. The number of aromatic nitrogens is 5. The molecule has 2 rings (SSSR count). The van der Waals surface area contributed by atoms with Crippen LogP contribution < -0.4 is 5.73 Å². The van der Waals surface area contributed by atoms with Crippen molar-refractivity contribution < 1.29 is 4.74 Å². The number of nitrogens with two attached hydrogens (primary N) is 1. The fourth-order valence-corrected chi connectivity index (χ4v) is 2.05. The molecule has 0 saturated carbocycles. The largest absolute Gasteiger partial charge is 0.377 e. The predicted octanol–water partition coefficient (Wildman–Crippen LogP) is 0.0323. The van der Waals surface area contributed by atoms with Gasteiger partial charge < -0.3 is 10.5 Å². The molecule has 2 N–H and O–H groups in total. The standard InChI is InChI=1S/C8H12N6OS/c1-5-6(3-9)10-13-14(5)8-12-11-7(16-8)4-15-2/h3-4,9H2,1-2H3. The Labute approximate surface area is 96.2 Å².